The molecule has 2 rings (SSSR count). The number of nitrogens with zero attached hydrogens (tertiary/aromatic N) is 1. The first-order chi connectivity index (χ1) is 13.0. The predicted octanol–water partition coefficient (Wildman–Crippen LogP) is 3.30. The van der Waals surface area contributed by atoms with Crippen molar-refractivity contribution in [2.45, 2.75) is 26.8 Å². The molecular formula is C21H24N2O4. The van der Waals surface area contributed by atoms with Crippen LogP contribution in [0.4, 0.5) is 0 Å². The van der Waals surface area contributed by atoms with Gasteiger partial charge in [-0.15, -0.1) is 0 Å². The number of hydrogen-bond donors (Lipinski definition) is 1. The molecule has 0 spiro atoms. The summed E-state index contributed by atoms with van der Waals surface area (Å²) in [6.07, 6.45) is -0.154. The fourth-order valence-corrected chi connectivity index (χ4v) is 2.60. The zero-order chi connectivity index (χ0) is 19.6. The van der Waals surface area contributed by atoms with E-state index in [9.17, 15) is 4.79 Å². The molecule has 1 amide bonds. The number of nitrogens with one attached hydrogen (secondary N) is 1. The molecule has 0 aliphatic heterocycles. The maximum absolute atomic E-state index is 11.4. The summed E-state index contributed by atoms with van der Waals surface area (Å²) in [5.41, 5.74) is 3.17. The Hall–Kier alpha value is -3.20. The second-order valence-corrected chi connectivity index (χ2v) is 6.12. The van der Waals surface area contributed by atoms with Crippen molar-refractivity contribution >= 4 is 5.91 Å². The van der Waals surface area contributed by atoms with Crippen molar-refractivity contribution < 1.29 is 19.0 Å². The third-order valence-electron chi connectivity index (χ3n) is 3.76. The van der Waals surface area contributed by atoms with Gasteiger partial charge in [0.1, 0.15) is 25.4 Å². The number of methoxy groups -OCH3 is 1. The molecule has 0 atom stereocenters. The molecule has 0 unspecified atom stereocenters. The zero-order valence-electron chi connectivity index (χ0n) is 15.9. The number of amides is 1. The Morgan fingerprint density at radius 3 is 2.41 bits per heavy atom. The molecule has 0 radical (unpaired) electrons. The summed E-state index contributed by atoms with van der Waals surface area (Å²) < 4.78 is 16.8. The van der Waals surface area contributed by atoms with E-state index >= 15 is 0 Å². The molecule has 142 valence electrons. The molecule has 0 fully saturated rings. The highest BCUT2D eigenvalue weighted by Crippen LogP contribution is 2.28. The van der Waals surface area contributed by atoms with Gasteiger partial charge in [-0.3, -0.25) is 4.79 Å². The van der Waals surface area contributed by atoms with Crippen molar-refractivity contribution in [1.82, 2.24) is 5.32 Å². The lowest BCUT2D eigenvalue weighted by atomic mass is 10.1. The first kappa shape index (κ1) is 20.1. The Morgan fingerprint density at radius 1 is 1.04 bits per heavy atom. The van der Waals surface area contributed by atoms with Crippen LogP contribution in [0.2, 0.25) is 0 Å². The molecule has 0 bridgehead atoms. The SMILES string of the molecule is COc1cc(CNC(=O)CC#N)ccc1OCCOc1cc(C)cc(C)c1. The Kier molecular flexibility index (Phi) is 7.50. The lowest BCUT2D eigenvalue weighted by Gasteiger charge is -2.13. The Morgan fingerprint density at radius 2 is 1.74 bits per heavy atom. The van der Waals surface area contributed by atoms with Gasteiger partial charge in [0, 0.05) is 6.54 Å². The lowest BCUT2D eigenvalue weighted by molar-refractivity contribution is -0.120. The van der Waals surface area contributed by atoms with Gasteiger partial charge in [0.2, 0.25) is 5.91 Å². The Labute approximate surface area is 159 Å². The molecule has 0 saturated carbocycles. The summed E-state index contributed by atoms with van der Waals surface area (Å²) in [7, 11) is 1.56. The van der Waals surface area contributed by atoms with Gasteiger partial charge < -0.3 is 19.5 Å². The summed E-state index contributed by atoms with van der Waals surface area (Å²) in [4.78, 5) is 11.4. The summed E-state index contributed by atoms with van der Waals surface area (Å²) in [5, 5.41) is 11.2. The van der Waals surface area contributed by atoms with Gasteiger partial charge in [0.25, 0.3) is 0 Å². The number of nitriles is 1. The number of ether oxygens (including phenoxy) is 3. The van der Waals surface area contributed by atoms with Crippen molar-refractivity contribution in [3.8, 4) is 23.3 Å². The molecule has 27 heavy (non-hydrogen) atoms. The molecule has 0 aromatic heterocycles. The normalized spacial score (nSPS) is 10.0. The highest BCUT2D eigenvalue weighted by molar-refractivity contribution is 5.77. The summed E-state index contributed by atoms with van der Waals surface area (Å²) in [6, 6.07) is 13.3. The molecule has 6 heteroatoms. The van der Waals surface area contributed by atoms with E-state index in [1.807, 2.05) is 38.1 Å². The maximum Gasteiger partial charge on any atom is 0.234 e. The molecule has 0 heterocycles. The minimum absolute atomic E-state index is 0.154. The van der Waals surface area contributed by atoms with Crippen molar-refractivity contribution in [2.24, 2.45) is 0 Å². The number of aryl methyl sites for hydroxylation is 2. The number of carbonyl (C=O) groups is 1. The third-order valence-corrected chi connectivity index (χ3v) is 3.76. The van der Waals surface area contributed by atoms with Crippen LogP contribution in [0.3, 0.4) is 0 Å². The molecule has 0 saturated heterocycles. The predicted molar refractivity (Wildman–Crippen MR) is 102 cm³/mol. The Balaban J connectivity index is 1.86. The summed E-state index contributed by atoms with van der Waals surface area (Å²) in [6.45, 7) is 5.18. The van der Waals surface area contributed by atoms with Crippen molar-refractivity contribution in [1.29, 1.82) is 5.26 Å². The first-order valence-electron chi connectivity index (χ1n) is 8.66. The lowest BCUT2D eigenvalue weighted by Crippen LogP contribution is -2.21. The third kappa shape index (κ3) is 6.55. The number of carbonyl (C=O) groups excluding carboxylic acids is 1. The largest absolute Gasteiger partial charge is 0.493 e. The van der Waals surface area contributed by atoms with E-state index < -0.39 is 0 Å². The van der Waals surface area contributed by atoms with Crippen LogP contribution in [-0.4, -0.2) is 26.2 Å². The van der Waals surface area contributed by atoms with Crippen molar-refractivity contribution in [3.63, 3.8) is 0 Å². The fourth-order valence-electron chi connectivity index (χ4n) is 2.60. The zero-order valence-corrected chi connectivity index (χ0v) is 15.9. The number of hydrogen-bond acceptors (Lipinski definition) is 5. The topological polar surface area (TPSA) is 80.6 Å². The van der Waals surface area contributed by atoms with Crippen LogP contribution in [0.1, 0.15) is 23.1 Å². The van der Waals surface area contributed by atoms with Crippen LogP contribution in [-0.2, 0) is 11.3 Å². The fraction of sp³-hybridized carbons (Fsp3) is 0.333. The van der Waals surface area contributed by atoms with Crippen LogP contribution >= 0.6 is 0 Å². The van der Waals surface area contributed by atoms with Crippen LogP contribution in [0.5, 0.6) is 17.2 Å². The monoisotopic (exact) mass is 368 g/mol. The van der Waals surface area contributed by atoms with Gasteiger partial charge >= 0.3 is 0 Å². The summed E-state index contributed by atoms with van der Waals surface area (Å²) >= 11 is 0. The minimum Gasteiger partial charge on any atom is -0.493 e. The Bertz CT molecular complexity index is 807. The standard InChI is InChI=1S/C21H24N2O4/c1-15-10-16(2)12-18(11-15)26-8-9-27-19-5-4-17(13-20(19)25-3)14-23-21(24)6-7-22/h4-5,10-13H,6,8-9,14H2,1-3H3,(H,23,24). The van der Waals surface area contributed by atoms with Gasteiger partial charge in [-0.05, 0) is 54.8 Å². The van der Waals surface area contributed by atoms with E-state index in [1.165, 1.54) is 0 Å². The maximum atomic E-state index is 11.4. The van der Waals surface area contributed by atoms with E-state index in [-0.39, 0.29) is 12.3 Å². The van der Waals surface area contributed by atoms with E-state index in [4.69, 9.17) is 19.5 Å². The molecule has 2 aromatic carbocycles. The molecule has 6 nitrogen and oxygen atoms in total. The van der Waals surface area contributed by atoms with E-state index in [0.29, 0.717) is 31.3 Å². The first-order valence-corrected chi connectivity index (χ1v) is 8.66. The van der Waals surface area contributed by atoms with Gasteiger partial charge in [-0.2, -0.15) is 5.26 Å². The summed E-state index contributed by atoms with van der Waals surface area (Å²) in [5.74, 6) is 1.70. The van der Waals surface area contributed by atoms with Crippen LogP contribution in [0, 0.1) is 25.2 Å². The van der Waals surface area contributed by atoms with Gasteiger partial charge in [0.15, 0.2) is 11.5 Å². The van der Waals surface area contributed by atoms with Crippen molar-refractivity contribution in [2.75, 3.05) is 20.3 Å². The molecule has 1 N–H and O–H groups in total. The van der Waals surface area contributed by atoms with Gasteiger partial charge in [-0.1, -0.05) is 12.1 Å². The van der Waals surface area contributed by atoms with Gasteiger partial charge in [0.05, 0.1) is 13.2 Å². The van der Waals surface area contributed by atoms with E-state index in [1.54, 1.807) is 19.2 Å². The van der Waals surface area contributed by atoms with E-state index in [2.05, 4.69) is 11.4 Å². The highest BCUT2D eigenvalue weighted by atomic mass is 16.5. The molecular weight excluding hydrogens is 344 g/mol. The molecule has 0 aliphatic rings. The number of benzene rings is 2. The average molecular weight is 368 g/mol. The molecule has 2 aromatic rings. The van der Waals surface area contributed by atoms with Crippen molar-refractivity contribution in [3.05, 3.63) is 53.1 Å². The van der Waals surface area contributed by atoms with Gasteiger partial charge in [-0.25, -0.2) is 0 Å². The second-order valence-electron chi connectivity index (χ2n) is 6.12. The second kappa shape index (κ2) is 10.1. The molecule has 0 aliphatic carbocycles. The van der Waals surface area contributed by atoms with Crippen LogP contribution in [0.25, 0.3) is 0 Å². The smallest absolute Gasteiger partial charge is 0.234 e. The van der Waals surface area contributed by atoms with Crippen LogP contribution in [0.15, 0.2) is 36.4 Å². The highest BCUT2D eigenvalue weighted by Gasteiger charge is 2.07. The quantitative estimate of drug-likeness (QED) is 0.687. The van der Waals surface area contributed by atoms with E-state index in [0.717, 1.165) is 22.4 Å². The average Bonchev–Trinajstić information content (AvgIpc) is 2.63. The van der Waals surface area contributed by atoms with Crippen LogP contribution < -0.4 is 19.5 Å². The number of rotatable bonds is 9. The minimum atomic E-state index is -0.305.